The molecule has 37 heavy (non-hydrogen) atoms. The summed E-state index contributed by atoms with van der Waals surface area (Å²) in [7, 11) is 0. The van der Waals surface area contributed by atoms with Crippen LogP contribution < -0.4 is 5.32 Å². The maximum absolute atomic E-state index is 14.1. The highest BCUT2D eigenvalue weighted by atomic mass is 16.5. The van der Waals surface area contributed by atoms with Gasteiger partial charge in [-0.15, -0.1) is 0 Å². The molecule has 1 aromatic heterocycles. The van der Waals surface area contributed by atoms with Crippen molar-refractivity contribution in [3.05, 3.63) is 82.5 Å². The lowest BCUT2D eigenvalue weighted by Crippen LogP contribution is -2.38. The number of rotatable bonds is 9. The normalized spacial score (nSPS) is 16.5. The molecule has 3 aromatic rings. The predicted molar refractivity (Wildman–Crippen MR) is 147 cm³/mol. The van der Waals surface area contributed by atoms with Gasteiger partial charge in [-0.1, -0.05) is 56.3 Å². The van der Waals surface area contributed by atoms with Gasteiger partial charge in [0.25, 0.3) is 0 Å². The van der Waals surface area contributed by atoms with Crippen molar-refractivity contribution in [2.75, 3.05) is 11.9 Å². The van der Waals surface area contributed by atoms with Gasteiger partial charge in [0.15, 0.2) is 5.78 Å². The Kier molecular flexibility index (Phi) is 7.58. The first-order chi connectivity index (χ1) is 17.7. The van der Waals surface area contributed by atoms with Crippen LogP contribution in [0, 0.1) is 6.92 Å². The van der Waals surface area contributed by atoms with Gasteiger partial charge in [0.05, 0.1) is 35.0 Å². The topological polar surface area (TPSA) is 73.2 Å². The number of carbonyl (C=O) groups is 2. The molecule has 0 saturated carbocycles. The summed E-state index contributed by atoms with van der Waals surface area (Å²) in [6.45, 7) is 12.7. The molecule has 0 saturated heterocycles. The van der Waals surface area contributed by atoms with Gasteiger partial charge >= 0.3 is 5.97 Å². The summed E-state index contributed by atoms with van der Waals surface area (Å²) in [5.74, 6) is 0.577. The largest absolute Gasteiger partial charge is 0.462 e. The Morgan fingerprint density at radius 1 is 1.05 bits per heavy atom. The van der Waals surface area contributed by atoms with Gasteiger partial charge in [-0.2, -0.15) is 5.10 Å². The second kappa shape index (κ2) is 10.5. The molecule has 4 rings (SSSR count). The number of hydrogen-bond donors (Lipinski definition) is 1. The molecule has 0 amide bonds. The lowest BCUT2D eigenvalue weighted by atomic mass is 9.71. The molecular formula is C31H39N3O3. The molecule has 6 heteroatoms. The number of benzene rings is 2. The monoisotopic (exact) mass is 501 g/mol. The number of anilines is 1. The van der Waals surface area contributed by atoms with Crippen LogP contribution in [0.4, 0.5) is 5.82 Å². The van der Waals surface area contributed by atoms with E-state index in [1.165, 1.54) is 5.56 Å². The smallest absolute Gasteiger partial charge is 0.338 e. The van der Waals surface area contributed by atoms with E-state index in [1.54, 1.807) is 19.1 Å². The van der Waals surface area contributed by atoms with Crippen LogP contribution in [0.3, 0.4) is 0 Å². The average Bonchev–Trinajstić information content (AvgIpc) is 3.25. The van der Waals surface area contributed by atoms with E-state index in [9.17, 15) is 9.59 Å². The summed E-state index contributed by atoms with van der Waals surface area (Å²) in [6.07, 6.45) is 2.86. The number of hydrogen-bond acceptors (Lipinski definition) is 5. The Morgan fingerprint density at radius 2 is 1.70 bits per heavy atom. The first-order valence-corrected chi connectivity index (χ1v) is 13.4. The van der Waals surface area contributed by atoms with Crippen molar-refractivity contribution >= 4 is 17.6 Å². The molecule has 6 nitrogen and oxygen atoms in total. The van der Waals surface area contributed by atoms with Gasteiger partial charge in [0.2, 0.25) is 0 Å². The van der Waals surface area contributed by atoms with E-state index in [1.807, 2.05) is 29.8 Å². The Morgan fingerprint density at radius 3 is 2.30 bits per heavy atom. The van der Waals surface area contributed by atoms with Gasteiger partial charge in [-0.05, 0) is 70.2 Å². The van der Waals surface area contributed by atoms with Crippen LogP contribution in [-0.2, 0) is 15.7 Å². The Hall–Kier alpha value is -3.41. The molecule has 2 heterocycles. The van der Waals surface area contributed by atoms with Crippen LogP contribution in [0.15, 0.2) is 54.6 Å². The first-order valence-electron chi connectivity index (χ1n) is 13.4. The number of aryl methyl sites for hydroxylation is 1. The highest BCUT2D eigenvalue weighted by Gasteiger charge is 2.40. The summed E-state index contributed by atoms with van der Waals surface area (Å²) in [5.41, 5.74) is 3.66. The average molecular weight is 502 g/mol. The zero-order valence-corrected chi connectivity index (χ0v) is 22.9. The molecule has 0 spiro atoms. The maximum Gasteiger partial charge on any atom is 0.338 e. The molecule has 0 aliphatic carbocycles. The summed E-state index contributed by atoms with van der Waals surface area (Å²) >= 11 is 0. The number of Topliss-reactive ketones (excluding diaryl/α,β-unsaturated/α-hetero) is 1. The third kappa shape index (κ3) is 5.07. The summed E-state index contributed by atoms with van der Waals surface area (Å²) < 4.78 is 7.14. The Bertz CT molecular complexity index is 1250. The molecule has 1 aliphatic rings. The Labute approximate surface area is 220 Å². The fourth-order valence-electron chi connectivity index (χ4n) is 5.70. The second-order valence-corrected chi connectivity index (χ2v) is 10.7. The second-order valence-electron chi connectivity index (χ2n) is 10.7. The molecular weight excluding hydrogens is 462 g/mol. The van der Waals surface area contributed by atoms with Crippen molar-refractivity contribution in [1.82, 2.24) is 9.78 Å². The summed E-state index contributed by atoms with van der Waals surface area (Å²) in [5, 5.41) is 8.50. The van der Waals surface area contributed by atoms with Gasteiger partial charge < -0.3 is 10.1 Å². The number of nitrogens with zero attached hydrogens (tertiary/aromatic N) is 2. The third-order valence-electron chi connectivity index (χ3n) is 7.99. The minimum Gasteiger partial charge on any atom is -0.462 e. The van der Waals surface area contributed by atoms with E-state index in [2.05, 4.69) is 57.3 Å². The third-order valence-corrected chi connectivity index (χ3v) is 7.99. The van der Waals surface area contributed by atoms with Gasteiger partial charge in [-0.3, -0.25) is 4.79 Å². The minimum atomic E-state index is -0.339. The fraction of sp³-hybridized carbons (Fsp3) is 0.452. The van der Waals surface area contributed by atoms with Crippen LogP contribution in [0.25, 0.3) is 0 Å². The van der Waals surface area contributed by atoms with E-state index in [4.69, 9.17) is 9.84 Å². The number of nitrogens with one attached hydrogen (secondary N) is 1. The van der Waals surface area contributed by atoms with Crippen molar-refractivity contribution < 1.29 is 14.3 Å². The zero-order chi connectivity index (χ0) is 26.8. The lowest BCUT2D eigenvalue weighted by Gasteiger charge is -2.38. The number of carbonyl (C=O) groups excluding carboxylic acids is 2. The molecule has 0 bridgehead atoms. The van der Waals surface area contributed by atoms with Crippen molar-refractivity contribution in [3.63, 3.8) is 0 Å². The van der Waals surface area contributed by atoms with Crippen molar-refractivity contribution in [2.45, 2.75) is 84.2 Å². The van der Waals surface area contributed by atoms with Crippen LogP contribution in [0.1, 0.15) is 104 Å². The number of ether oxygens (including phenoxy) is 1. The zero-order valence-electron chi connectivity index (χ0n) is 22.9. The number of fused-ring (bicyclic) bond motifs is 1. The molecule has 1 atom stereocenters. The van der Waals surface area contributed by atoms with E-state index < -0.39 is 0 Å². The summed E-state index contributed by atoms with van der Waals surface area (Å²) in [4.78, 5) is 26.2. The molecule has 0 radical (unpaired) electrons. The molecule has 1 N–H and O–H groups in total. The van der Waals surface area contributed by atoms with Gasteiger partial charge in [-0.25, -0.2) is 9.48 Å². The SMILES string of the molecule is CCOC(=O)c1ccc(C(CC)(CC)CC(=O)c2c(C)nn3c2N[C@@H](c2ccccc2)CC3(C)C)cc1. The maximum atomic E-state index is 14.1. The van der Waals surface area contributed by atoms with Crippen LogP contribution in [-0.4, -0.2) is 28.1 Å². The fourth-order valence-corrected chi connectivity index (χ4v) is 5.70. The van der Waals surface area contributed by atoms with Crippen molar-refractivity contribution in [3.8, 4) is 0 Å². The van der Waals surface area contributed by atoms with E-state index in [0.717, 1.165) is 36.3 Å². The Balaban J connectivity index is 1.67. The molecule has 2 aromatic carbocycles. The van der Waals surface area contributed by atoms with Crippen molar-refractivity contribution in [1.29, 1.82) is 0 Å². The summed E-state index contributed by atoms with van der Waals surface area (Å²) in [6, 6.07) is 18.0. The standard InChI is InChI=1S/C31H39N3O3/c1-7-31(8-2,24-17-15-23(16-18-24)29(36)37-9-3)20-26(35)27-21(4)33-34-28(27)32-25(19-30(34,5)6)22-13-11-10-12-14-22/h10-18,25,32H,7-9,19-20H2,1-6H3/t25-/m1/s1. The first kappa shape index (κ1) is 26.6. The number of aromatic nitrogens is 2. The molecule has 0 unspecified atom stereocenters. The van der Waals surface area contributed by atoms with Crippen molar-refractivity contribution in [2.24, 2.45) is 0 Å². The number of ketones is 1. The predicted octanol–water partition coefficient (Wildman–Crippen LogP) is 6.99. The van der Waals surface area contributed by atoms with E-state index >= 15 is 0 Å². The highest BCUT2D eigenvalue weighted by Crippen LogP contribution is 2.43. The van der Waals surface area contributed by atoms with E-state index in [0.29, 0.717) is 24.2 Å². The highest BCUT2D eigenvalue weighted by molar-refractivity contribution is 6.02. The van der Waals surface area contributed by atoms with Crippen LogP contribution in [0.5, 0.6) is 0 Å². The minimum absolute atomic E-state index is 0.0916. The molecule has 0 fully saturated rings. The quantitative estimate of drug-likeness (QED) is 0.253. The van der Waals surface area contributed by atoms with Crippen LogP contribution >= 0.6 is 0 Å². The van der Waals surface area contributed by atoms with Gasteiger partial charge in [0.1, 0.15) is 5.82 Å². The molecule has 196 valence electrons. The molecule has 1 aliphatic heterocycles. The lowest BCUT2D eigenvalue weighted by molar-refractivity contribution is 0.0526. The van der Waals surface area contributed by atoms with Gasteiger partial charge in [0, 0.05) is 11.8 Å². The van der Waals surface area contributed by atoms with E-state index in [-0.39, 0.29) is 28.7 Å². The van der Waals surface area contributed by atoms with Crippen LogP contribution in [0.2, 0.25) is 0 Å². The number of esters is 1.